The summed E-state index contributed by atoms with van der Waals surface area (Å²) in [5.74, 6) is 0.624. The van der Waals surface area contributed by atoms with Gasteiger partial charge in [-0.3, -0.25) is 0 Å². The van der Waals surface area contributed by atoms with Crippen molar-refractivity contribution in [1.82, 2.24) is 19.9 Å². The number of likely N-dealkylation sites (N-methyl/N-ethyl adjacent to an activating group) is 1. The maximum Gasteiger partial charge on any atom is 0.0954 e. The van der Waals surface area contributed by atoms with Crippen LogP contribution in [0.5, 0.6) is 0 Å². The van der Waals surface area contributed by atoms with Gasteiger partial charge in [0.05, 0.1) is 37.1 Å². The molecule has 1 saturated carbocycles. The predicted octanol–water partition coefficient (Wildman–Crippen LogP) is -0.155. The highest BCUT2D eigenvalue weighted by Crippen LogP contribution is 2.38. The Morgan fingerprint density at radius 2 is 2.28 bits per heavy atom. The van der Waals surface area contributed by atoms with Crippen molar-refractivity contribution in [2.24, 2.45) is 0 Å². The molecule has 0 unspecified atom stereocenters. The van der Waals surface area contributed by atoms with Crippen molar-refractivity contribution in [3.8, 4) is 0 Å². The first-order valence-electron chi connectivity index (χ1n) is 6.51. The van der Waals surface area contributed by atoms with Gasteiger partial charge >= 0.3 is 0 Å². The van der Waals surface area contributed by atoms with E-state index in [0.717, 1.165) is 5.69 Å². The minimum atomic E-state index is -0.420. The third-order valence-corrected chi connectivity index (χ3v) is 3.77. The van der Waals surface area contributed by atoms with Gasteiger partial charge in [-0.25, -0.2) is 4.68 Å². The normalized spacial score (nSPS) is 32.3. The van der Waals surface area contributed by atoms with E-state index in [1.165, 1.54) is 12.8 Å². The monoisotopic (exact) mass is 252 g/mol. The molecule has 1 aromatic rings. The fraction of sp³-hybridized carbons (Fsp3) is 0.833. The second-order valence-electron chi connectivity index (χ2n) is 5.53. The molecular formula is C12H20N4O2. The highest BCUT2D eigenvalue weighted by Gasteiger charge is 2.38. The lowest BCUT2D eigenvalue weighted by Crippen LogP contribution is -2.44. The zero-order chi connectivity index (χ0) is 12.7. The van der Waals surface area contributed by atoms with Crippen LogP contribution in [0.25, 0.3) is 0 Å². The third-order valence-electron chi connectivity index (χ3n) is 3.77. The van der Waals surface area contributed by atoms with Gasteiger partial charge in [0.2, 0.25) is 0 Å². The maximum absolute atomic E-state index is 9.90. The fourth-order valence-electron chi connectivity index (χ4n) is 2.66. The van der Waals surface area contributed by atoms with Gasteiger partial charge in [-0.15, -0.1) is 5.10 Å². The van der Waals surface area contributed by atoms with Crippen LogP contribution < -0.4 is 0 Å². The lowest BCUT2D eigenvalue weighted by molar-refractivity contribution is 0.0600. The van der Waals surface area contributed by atoms with E-state index < -0.39 is 6.10 Å². The van der Waals surface area contributed by atoms with E-state index in [9.17, 15) is 5.11 Å². The van der Waals surface area contributed by atoms with Gasteiger partial charge < -0.3 is 14.7 Å². The summed E-state index contributed by atoms with van der Waals surface area (Å²) in [5, 5.41) is 18.2. The molecule has 1 aliphatic heterocycles. The quantitative estimate of drug-likeness (QED) is 0.807. The van der Waals surface area contributed by atoms with Gasteiger partial charge in [0, 0.05) is 12.1 Å². The molecule has 1 aromatic heterocycles. The molecule has 1 saturated heterocycles. The number of hydrogen-bond donors (Lipinski definition) is 1. The SMILES string of the molecule is CN(C)[C@@H]1[C@@H](O)CO[C@@H]1Cn1cc(C2CC2)nn1. The van der Waals surface area contributed by atoms with Gasteiger partial charge in [0.1, 0.15) is 0 Å². The fourth-order valence-corrected chi connectivity index (χ4v) is 2.66. The molecule has 0 radical (unpaired) electrons. The summed E-state index contributed by atoms with van der Waals surface area (Å²) in [6, 6.07) is 0.0265. The number of aliphatic hydroxyl groups excluding tert-OH is 1. The smallest absolute Gasteiger partial charge is 0.0954 e. The molecule has 2 aliphatic rings. The summed E-state index contributed by atoms with van der Waals surface area (Å²) < 4.78 is 7.49. The maximum atomic E-state index is 9.90. The van der Waals surface area contributed by atoms with Crippen molar-refractivity contribution in [2.75, 3.05) is 20.7 Å². The van der Waals surface area contributed by atoms with Crippen molar-refractivity contribution in [3.63, 3.8) is 0 Å². The second kappa shape index (κ2) is 4.60. The summed E-state index contributed by atoms with van der Waals surface area (Å²) in [6.07, 6.45) is 4.04. The van der Waals surface area contributed by atoms with Crippen molar-refractivity contribution < 1.29 is 9.84 Å². The zero-order valence-electron chi connectivity index (χ0n) is 10.9. The molecule has 2 heterocycles. The Hall–Kier alpha value is -0.980. The average Bonchev–Trinajstić information content (AvgIpc) is 2.96. The van der Waals surface area contributed by atoms with Crippen molar-refractivity contribution in [3.05, 3.63) is 11.9 Å². The summed E-state index contributed by atoms with van der Waals surface area (Å²) in [5.41, 5.74) is 1.09. The predicted molar refractivity (Wildman–Crippen MR) is 65.2 cm³/mol. The van der Waals surface area contributed by atoms with Crippen molar-refractivity contribution in [2.45, 2.75) is 43.6 Å². The van der Waals surface area contributed by atoms with E-state index in [1.807, 2.05) is 29.9 Å². The average molecular weight is 252 g/mol. The van der Waals surface area contributed by atoms with Crippen LogP contribution >= 0.6 is 0 Å². The van der Waals surface area contributed by atoms with Crippen LogP contribution in [0, 0.1) is 0 Å². The third kappa shape index (κ3) is 2.28. The largest absolute Gasteiger partial charge is 0.389 e. The first kappa shape index (κ1) is 12.1. The van der Waals surface area contributed by atoms with E-state index >= 15 is 0 Å². The minimum absolute atomic E-state index is 0.0243. The van der Waals surface area contributed by atoms with Crippen LogP contribution in [0.1, 0.15) is 24.5 Å². The summed E-state index contributed by atoms with van der Waals surface area (Å²) >= 11 is 0. The molecule has 0 aromatic carbocycles. The van der Waals surface area contributed by atoms with E-state index in [4.69, 9.17) is 4.74 Å². The molecular weight excluding hydrogens is 232 g/mol. The van der Waals surface area contributed by atoms with Crippen LogP contribution in [-0.4, -0.2) is 64.0 Å². The van der Waals surface area contributed by atoms with Crippen LogP contribution in [0.2, 0.25) is 0 Å². The van der Waals surface area contributed by atoms with E-state index in [1.54, 1.807) is 0 Å². The number of hydrogen-bond acceptors (Lipinski definition) is 5. The number of rotatable bonds is 4. The lowest BCUT2D eigenvalue weighted by atomic mass is 10.1. The molecule has 6 nitrogen and oxygen atoms in total. The molecule has 0 amide bonds. The number of ether oxygens (including phenoxy) is 1. The standard InChI is InChI=1S/C12H20N4O2/c1-15(2)12-10(17)7-18-11(12)6-16-5-9(13-14-16)8-3-4-8/h5,8,10-12,17H,3-4,6-7H2,1-2H3/t10-,11+,12+/m0/s1. The Bertz CT molecular complexity index is 416. The number of aliphatic hydroxyl groups is 1. The Labute approximate surface area is 107 Å². The van der Waals surface area contributed by atoms with E-state index in [2.05, 4.69) is 10.3 Å². The lowest BCUT2D eigenvalue weighted by Gasteiger charge is -2.26. The molecule has 1 aliphatic carbocycles. The van der Waals surface area contributed by atoms with Crippen LogP contribution in [0.15, 0.2) is 6.20 Å². The first-order valence-corrected chi connectivity index (χ1v) is 6.51. The molecule has 100 valence electrons. The zero-order valence-corrected chi connectivity index (χ0v) is 10.9. The van der Waals surface area contributed by atoms with Crippen LogP contribution in [0.4, 0.5) is 0 Å². The van der Waals surface area contributed by atoms with Gasteiger partial charge in [-0.05, 0) is 26.9 Å². The Kier molecular flexibility index (Phi) is 3.09. The van der Waals surface area contributed by atoms with E-state index in [-0.39, 0.29) is 12.1 Å². The molecule has 3 rings (SSSR count). The highest BCUT2D eigenvalue weighted by atomic mass is 16.5. The second-order valence-corrected chi connectivity index (χ2v) is 5.53. The Morgan fingerprint density at radius 1 is 1.50 bits per heavy atom. The minimum Gasteiger partial charge on any atom is -0.389 e. The summed E-state index contributed by atoms with van der Waals surface area (Å²) in [4.78, 5) is 2.01. The molecule has 3 atom stereocenters. The highest BCUT2D eigenvalue weighted by molar-refractivity contribution is 5.09. The van der Waals surface area contributed by atoms with Gasteiger partial charge in [-0.1, -0.05) is 5.21 Å². The van der Waals surface area contributed by atoms with Crippen LogP contribution in [0.3, 0.4) is 0 Å². The number of aromatic nitrogens is 3. The van der Waals surface area contributed by atoms with E-state index in [0.29, 0.717) is 19.1 Å². The Balaban J connectivity index is 1.67. The molecule has 18 heavy (non-hydrogen) atoms. The topological polar surface area (TPSA) is 63.4 Å². The van der Waals surface area contributed by atoms with Crippen molar-refractivity contribution in [1.29, 1.82) is 0 Å². The summed E-state index contributed by atoms with van der Waals surface area (Å²) in [7, 11) is 3.93. The van der Waals surface area contributed by atoms with Gasteiger partial charge in [0.15, 0.2) is 0 Å². The Morgan fingerprint density at radius 3 is 2.94 bits per heavy atom. The molecule has 2 fully saturated rings. The van der Waals surface area contributed by atoms with Crippen molar-refractivity contribution >= 4 is 0 Å². The van der Waals surface area contributed by atoms with Gasteiger partial charge in [0.25, 0.3) is 0 Å². The number of nitrogens with zero attached hydrogens (tertiary/aromatic N) is 4. The van der Waals surface area contributed by atoms with Gasteiger partial charge in [-0.2, -0.15) is 0 Å². The van der Waals surface area contributed by atoms with Crippen LogP contribution in [-0.2, 0) is 11.3 Å². The molecule has 6 heteroatoms. The molecule has 1 N–H and O–H groups in total. The summed E-state index contributed by atoms with van der Waals surface area (Å²) in [6.45, 7) is 1.05. The first-order chi connectivity index (χ1) is 8.65. The molecule has 0 spiro atoms. The molecule has 0 bridgehead atoms.